The van der Waals surface area contributed by atoms with Gasteiger partial charge < -0.3 is 19.1 Å². The summed E-state index contributed by atoms with van der Waals surface area (Å²) in [5, 5.41) is 0.0297. The van der Waals surface area contributed by atoms with E-state index in [1.165, 1.54) is 11.1 Å². The van der Waals surface area contributed by atoms with Crippen LogP contribution in [0.3, 0.4) is 0 Å². The van der Waals surface area contributed by atoms with Crippen LogP contribution in [0.15, 0.2) is 36.4 Å². The molecule has 11 heteroatoms. The molecule has 9 nitrogen and oxygen atoms in total. The summed E-state index contributed by atoms with van der Waals surface area (Å²) in [4.78, 5) is 18.1. The minimum absolute atomic E-state index is 0.127. The van der Waals surface area contributed by atoms with Gasteiger partial charge in [-0.15, -0.1) is 0 Å². The van der Waals surface area contributed by atoms with Gasteiger partial charge in [0.25, 0.3) is 5.91 Å². The Labute approximate surface area is 304 Å². The van der Waals surface area contributed by atoms with Gasteiger partial charge in [0.1, 0.15) is 5.75 Å². The van der Waals surface area contributed by atoms with E-state index in [-0.39, 0.29) is 23.7 Å². The van der Waals surface area contributed by atoms with Crippen molar-refractivity contribution in [2.75, 3.05) is 51.9 Å². The van der Waals surface area contributed by atoms with Gasteiger partial charge in [0.05, 0.1) is 36.3 Å². The lowest BCUT2D eigenvalue weighted by Crippen LogP contribution is -2.57. The van der Waals surface area contributed by atoms with E-state index in [4.69, 9.17) is 25.8 Å². The lowest BCUT2D eigenvalue weighted by atomic mass is 9.65. The number of nitrogens with zero attached hydrogens (tertiary/aromatic N) is 2. The van der Waals surface area contributed by atoms with E-state index in [1.807, 2.05) is 25.1 Å². The average Bonchev–Trinajstić information content (AvgIpc) is 3.06. The van der Waals surface area contributed by atoms with Crippen molar-refractivity contribution in [3.63, 3.8) is 0 Å². The van der Waals surface area contributed by atoms with Gasteiger partial charge in [-0.2, -0.15) is 0 Å². The van der Waals surface area contributed by atoms with Crippen molar-refractivity contribution in [1.82, 2.24) is 9.62 Å². The number of aryl methyl sites for hydroxylation is 1. The number of rotatable bonds is 2. The lowest BCUT2D eigenvalue weighted by molar-refractivity contribution is -0.260. The molecule has 1 saturated heterocycles. The fourth-order valence-electron chi connectivity index (χ4n) is 8.13. The van der Waals surface area contributed by atoms with Crippen LogP contribution in [0.4, 0.5) is 5.69 Å². The molecule has 3 aliphatic heterocycles. The molecule has 1 N–H and O–H groups in total. The monoisotopic (exact) mass is 729 g/mol. The molecule has 2 bridgehead atoms. The summed E-state index contributed by atoms with van der Waals surface area (Å²) < 4.78 is 49.0. The molecule has 0 spiro atoms. The summed E-state index contributed by atoms with van der Waals surface area (Å²) >= 11 is 6.40. The molecule has 1 saturated carbocycles. The van der Waals surface area contributed by atoms with Gasteiger partial charge in [-0.1, -0.05) is 31.0 Å². The Bertz CT molecular complexity index is 1610. The minimum Gasteiger partial charge on any atom is -0.491 e. The molecule has 6 rings (SSSR count). The number of halogens is 1. The number of carbonyl (C=O) groups excluding carboxylic acids is 1. The smallest absolute Gasteiger partial charge is 0.264 e. The molecule has 4 aliphatic rings. The quantitative estimate of drug-likeness (QED) is 0.365. The van der Waals surface area contributed by atoms with E-state index >= 15 is 0 Å². The first-order chi connectivity index (χ1) is 23.8. The summed E-state index contributed by atoms with van der Waals surface area (Å²) in [6.07, 6.45) is 8.07. The van der Waals surface area contributed by atoms with Crippen LogP contribution in [-0.4, -0.2) is 83.3 Å². The number of hydrogen-bond donors (Lipinski definition) is 1. The highest BCUT2D eigenvalue weighted by Gasteiger charge is 2.45. The molecule has 0 radical (unpaired) electrons. The van der Waals surface area contributed by atoms with Crippen molar-refractivity contribution < 1.29 is 27.4 Å². The van der Waals surface area contributed by atoms with E-state index in [0.29, 0.717) is 43.0 Å². The molecule has 0 unspecified atom stereocenters. The summed E-state index contributed by atoms with van der Waals surface area (Å²) in [5.74, 6) is 1.03. The van der Waals surface area contributed by atoms with Gasteiger partial charge in [-0.3, -0.25) is 9.69 Å². The van der Waals surface area contributed by atoms with Crippen LogP contribution in [-0.2, 0) is 32.3 Å². The van der Waals surface area contributed by atoms with Crippen LogP contribution >= 0.6 is 11.6 Å². The van der Waals surface area contributed by atoms with Crippen molar-refractivity contribution in [1.29, 1.82) is 0 Å². The third kappa shape index (κ3) is 8.30. The molecule has 0 aromatic heterocycles. The predicted octanol–water partition coefficient (Wildman–Crippen LogP) is 6.71. The molecule has 2 fully saturated rings. The third-order valence-corrected chi connectivity index (χ3v) is 14.4. The minimum atomic E-state index is -3.91. The van der Waals surface area contributed by atoms with E-state index in [1.54, 1.807) is 13.0 Å². The third-order valence-electron chi connectivity index (χ3n) is 12.2. The second-order valence-electron chi connectivity index (χ2n) is 15.7. The summed E-state index contributed by atoms with van der Waals surface area (Å²) in [6.45, 7) is 9.15. The zero-order chi connectivity index (χ0) is 35.6. The maximum atomic E-state index is 13.5. The topological polar surface area (TPSA) is 97.4 Å². The van der Waals surface area contributed by atoms with Gasteiger partial charge in [0, 0.05) is 36.0 Å². The number of hydrogen-bond acceptors (Lipinski definition) is 8. The lowest BCUT2D eigenvalue weighted by Gasteiger charge is -2.50. The Morgan fingerprint density at radius 2 is 1.70 bits per heavy atom. The highest BCUT2D eigenvalue weighted by Crippen LogP contribution is 2.46. The zero-order valence-corrected chi connectivity index (χ0v) is 32.0. The number of nitrogens with one attached hydrogen (secondary N) is 1. The maximum absolute atomic E-state index is 13.5. The van der Waals surface area contributed by atoms with E-state index in [9.17, 15) is 13.2 Å². The van der Waals surface area contributed by atoms with Crippen LogP contribution in [0.2, 0.25) is 5.02 Å². The molecule has 2 aromatic rings. The molecule has 2 aromatic carbocycles. The van der Waals surface area contributed by atoms with Gasteiger partial charge >= 0.3 is 0 Å². The van der Waals surface area contributed by atoms with E-state index in [2.05, 4.69) is 47.7 Å². The van der Waals surface area contributed by atoms with Crippen molar-refractivity contribution in [3.05, 3.63) is 58.1 Å². The fraction of sp³-hybridized carbons (Fsp3) is 0.667. The number of fused-ring (bicyclic) bond motifs is 3. The molecule has 5 atom stereocenters. The van der Waals surface area contributed by atoms with Crippen LogP contribution in [0.5, 0.6) is 5.75 Å². The second kappa shape index (κ2) is 15.7. The first kappa shape index (κ1) is 37.4. The van der Waals surface area contributed by atoms with Crippen molar-refractivity contribution >= 4 is 33.2 Å². The Balaban J connectivity index is 1.34. The van der Waals surface area contributed by atoms with Gasteiger partial charge in [-0.05, 0) is 132 Å². The summed E-state index contributed by atoms with van der Waals surface area (Å²) in [7, 11) is 0.230. The second-order valence-corrected chi connectivity index (χ2v) is 18.2. The number of amides is 1. The number of ether oxygens (including phenoxy) is 3. The standard InChI is InChI=1S/C39H56ClN3O6S/c1-26-9-8-11-34(38-48-24-39(3,25-49-38)42(4)5)33-16-13-31(33)23-43-19-7-6-10-29-21-32(40)15-12-28(29)18-20-47-36-17-14-30(22-35(36)43)37(44)41-50(45,46)27(26)2/h12,14-15,17,21-22,26-27,31,33-34,38H,6-11,13,16,18-20,23-25H2,1-5H3,(H,41,44)/t26-,27+,31-,33+,34+,38-,39+/m0/s1. The highest BCUT2D eigenvalue weighted by atomic mass is 35.5. The highest BCUT2D eigenvalue weighted by molar-refractivity contribution is 7.90. The van der Waals surface area contributed by atoms with E-state index < -0.39 is 21.2 Å². The Morgan fingerprint density at radius 1 is 0.920 bits per heavy atom. The normalized spacial score (nSPS) is 32.6. The molecule has 1 aliphatic carbocycles. The molecule has 276 valence electrons. The van der Waals surface area contributed by atoms with Gasteiger partial charge in [0.15, 0.2) is 6.29 Å². The largest absolute Gasteiger partial charge is 0.491 e. The Kier molecular flexibility index (Phi) is 11.7. The summed E-state index contributed by atoms with van der Waals surface area (Å²) in [6, 6.07) is 11.5. The van der Waals surface area contributed by atoms with Crippen LogP contribution < -0.4 is 14.4 Å². The summed E-state index contributed by atoms with van der Waals surface area (Å²) in [5.41, 5.74) is 3.49. The first-order valence-corrected chi connectivity index (χ1v) is 20.5. The van der Waals surface area contributed by atoms with Crippen molar-refractivity contribution in [2.45, 2.75) is 95.6 Å². The van der Waals surface area contributed by atoms with Crippen molar-refractivity contribution in [2.24, 2.45) is 23.7 Å². The number of likely N-dealkylation sites (N-methyl/N-ethyl adjacent to an activating group) is 1. The van der Waals surface area contributed by atoms with Crippen LogP contribution in [0.25, 0.3) is 0 Å². The number of anilines is 1. The van der Waals surface area contributed by atoms with E-state index in [0.717, 1.165) is 81.6 Å². The maximum Gasteiger partial charge on any atom is 0.264 e. The number of benzene rings is 2. The fourth-order valence-corrected chi connectivity index (χ4v) is 9.64. The first-order valence-electron chi connectivity index (χ1n) is 18.6. The Hall–Kier alpha value is -2.37. The average molecular weight is 730 g/mol. The Morgan fingerprint density at radius 3 is 2.42 bits per heavy atom. The van der Waals surface area contributed by atoms with Crippen molar-refractivity contribution in [3.8, 4) is 5.75 Å². The predicted molar refractivity (Wildman–Crippen MR) is 199 cm³/mol. The molecular weight excluding hydrogens is 674 g/mol. The molecular formula is C39H56ClN3O6S. The SMILES string of the molecule is C[C@@H]1[C@@H](C)CCC[C@@H]([C@H]2OC[C@@](C)(N(C)C)CO2)[C@@H]2CC[C@H]2CN2CCCCc3cc(Cl)ccc3CCOc3ccc(cc32)C(=O)NS1(=O)=O. The molecule has 50 heavy (non-hydrogen) atoms. The van der Waals surface area contributed by atoms with Crippen LogP contribution in [0.1, 0.15) is 87.2 Å². The van der Waals surface area contributed by atoms with Gasteiger partial charge in [0.2, 0.25) is 10.0 Å². The zero-order valence-electron chi connectivity index (χ0n) is 30.5. The molecule has 3 heterocycles. The number of carbonyl (C=O) groups is 1. The molecule has 1 amide bonds. The number of sulfonamides is 1. The van der Waals surface area contributed by atoms with Gasteiger partial charge in [-0.25, -0.2) is 13.1 Å². The van der Waals surface area contributed by atoms with Crippen LogP contribution in [0, 0.1) is 23.7 Å².